The Balaban J connectivity index is 2.13. The van der Waals surface area contributed by atoms with Gasteiger partial charge in [-0.15, -0.1) is 0 Å². The van der Waals surface area contributed by atoms with Crippen LogP contribution >= 0.6 is 11.8 Å². The van der Waals surface area contributed by atoms with Gasteiger partial charge in [0.2, 0.25) is 5.12 Å². The molecule has 1 aromatic heterocycles. The van der Waals surface area contributed by atoms with Crippen molar-refractivity contribution in [2.45, 2.75) is 6.42 Å². The summed E-state index contributed by atoms with van der Waals surface area (Å²) in [7, 11) is 0. The summed E-state index contributed by atoms with van der Waals surface area (Å²) in [4.78, 5) is 17.8. The van der Waals surface area contributed by atoms with Gasteiger partial charge in [-0.25, -0.2) is 4.98 Å². The van der Waals surface area contributed by atoms with E-state index in [4.69, 9.17) is 0 Å². The highest BCUT2D eigenvalue weighted by molar-refractivity contribution is 8.13. The first-order valence-electron chi connectivity index (χ1n) is 4.60. The lowest BCUT2D eigenvalue weighted by Crippen LogP contribution is -2.37. The number of hydrogen-bond donors (Lipinski definition) is 0. The molecule has 74 valence electrons. The van der Waals surface area contributed by atoms with Crippen molar-refractivity contribution < 1.29 is 4.79 Å². The Morgan fingerprint density at radius 3 is 2.71 bits per heavy atom. The zero-order chi connectivity index (χ0) is 9.97. The molecule has 0 aliphatic carbocycles. The van der Waals surface area contributed by atoms with Crippen molar-refractivity contribution in [3.8, 4) is 0 Å². The number of carbonyl (C=O) groups excluding carboxylic acids is 1. The molecule has 0 amide bonds. The van der Waals surface area contributed by atoms with Crippen LogP contribution in [-0.4, -0.2) is 29.4 Å². The Morgan fingerprint density at radius 2 is 2.29 bits per heavy atom. The Hall–Kier alpha value is -1.03. The van der Waals surface area contributed by atoms with Gasteiger partial charge in [0, 0.05) is 24.8 Å². The van der Waals surface area contributed by atoms with E-state index in [0.717, 1.165) is 18.9 Å². The van der Waals surface area contributed by atoms with Gasteiger partial charge in [-0.3, -0.25) is 4.79 Å². The van der Waals surface area contributed by atoms with Crippen molar-refractivity contribution >= 4 is 22.7 Å². The minimum atomic E-state index is 0.0765. The Labute approximate surface area is 87.5 Å². The highest BCUT2D eigenvalue weighted by Gasteiger charge is 2.15. The van der Waals surface area contributed by atoms with Crippen LogP contribution in [0.3, 0.4) is 0 Å². The zero-order valence-electron chi connectivity index (χ0n) is 8.06. The van der Waals surface area contributed by atoms with Crippen LogP contribution in [0.4, 0.5) is 5.82 Å². The second kappa shape index (κ2) is 4.00. The van der Waals surface area contributed by atoms with Crippen molar-refractivity contribution in [2.24, 2.45) is 0 Å². The molecule has 0 N–H and O–H groups in total. The van der Waals surface area contributed by atoms with E-state index in [2.05, 4.69) is 9.88 Å². The monoisotopic (exact) mass is 208 g/mol. The van der Waals surface area contributed by atoms with Gasteiger partial charge in [0.05, 0.1) is 0 Å². The van der Waals surface area contributed by atoms with E-state index < -0.39 is 0 Å². The van der Waals surface area contributed by atoms with E-state index in [9.17, 15) is 4.79 Å². The first-order valence-corrected chi connectivity index (χ1v) is 5.83. The summed E-state index contributed by atoms with van der Waals surface area (Å²) in [6.07, 6.45) is 4.69. The van der Waals surface area contributed by atoms with E-state index in [1.165, 1.54) is 18.2 Å². The molecule has 1 aromatic rings. The minimum Gasteiger partial charge on any atom is -0.356 e. The van der Waals surface area contributed by atoms with E-state index in [1.54, 1.807) is 12.5 Å². The number of anilines is 1. The van der Waals surface area contributed by atoms with Crippen LogP contribution in [0.5, 0.6) is 0 Å². The van der Waals surface area contributed by atoms with Crippen LogP contribution in [0.25, 0.3) is 0 Å². The molecule has 2 heterocycles. The quantitative estimate of drug-likeness (QED) is 0.742. The Kier molecular flexibility index (Phi) is 2.72. The smallest absolute Gasteiger partial charge is 0.220 e. The summed E-state index contributed by atoms with van der Waals surface area (Å²) in [5.74, 6) is 0.980. The molecule has 1 aliphatic heterocycles. The van der Waals surface area contributed by atoms with E-state index >= 15 is 0 Å². The molecule has 0 unspecified atom stereocenters. The second-order valence-electron chi connectivity index (χ2n) is 3.24. The summed E-state index contributed by atoms with van der Waals surface area (Å²) < 4.78 is 0. The lowest BCUT2D eigenvalue weighted by Gasteiger charge is -2.31. The SMILES string of the molecule is CSC(=O)c1ccc(N2CCC2)nc1. The topological polar surface area (TPSA) is 33.2 Å². The lowest BCUT2D eigenvalue weighted by atomic mass is 10.2. The third kappa shape index (κ3) is 1.75. The third-order valence-electron chi connectivity index (χ3n) is 2.35. The highest BCUT2D eigenvalue weighted by Crippen LogP contribution is 2.18. The third-order valence-corrected chi connectivity index (χ3v) is 2.96. The van der Waals surface area contributed by atoms with Gasteiger partial charge in [0.15, 0.2) is 0 Å². The minimum absolute atomic E-state index is 0.0765. The predicted molar refractivity (Wildman–Crippen MR) is 58.9 cm³/mol. The van der Waals surface area contributed by atoms with Crippen LogP contribution in [0.2, 0.25) is 0 Å². The van der Waals surface area contributed by atoms with Crippen LogP contribution in [0.1, 0.15) is 16.8 Å². The molecule has 0 atom stereocenters. The van der Waals surface area contributed by atoms with E-state index in [0.29, 0.717) is 5.56 Å². The summed E-state index contributed by atoms with van der Waals surface area (Å²) in [6.45, 7) is 2.17. The molecule has 1 saturated heterocycles. The normalized spacial score (nSPS) is 15.1. The van der Waals surface area contributed by atoms with Crippen LogP contribution in [-0.2, 0) is 0 Å². The number of rotatable bonds is 2. The van der Waals surface area contributed by atoms with Crippen LogP contribution in [0, 0.1) is 0 Å². The van der Waals surface area contributed by atoms with Gasteiger partial charge in [0.25, 0.3) is 0 Å². The maximum atomic E-state index is 11.3. The van der Waals surface area contributed by atoms with Gasteiger partial charge in [-0.05, 0) is 24.8 Å². The van der Waals surface area contributed by atoms with Gasteiger partial charge in [0.1, 0.15) is 5.82 Å². The van der Waals surface area contributed by atoms with Gasteiger partial charge in [-0.2, -0.15) is 0 Å². The molecule has 0 saturated carbocycles. The van der Waals surface area contributed by atoms with Gasteiger partial charge >= 0.3 is 0 Å². The van der Waals surface area contributed by atoms with Crippen molar-refractivity contribution in [3.05, 3.63) is 23.9 Å². The molecular weight excluding hydrogens is 196 g/mol. The van der Waals surface area contributed by atoms with Gasteiger partial charge < -0.3 is 4.90 Å². The zero-order valence-corrected chi connectivity index (χ0v) is 8.88. The second-order valence-corrected chi connectivity index (χ2v) is 4.02. The molecule has 14 heavy (non-hydrogen) atoms. The molecule has 1 aliphatic rings. The lowest BCUT2D eigenvalue weighted by molar-refractivity contribution is 0.108. The Morgan fingerprint density at radius 1 is 1.50 bits per heavy atom. The molecular formula is C10H12N2OS. The average molecular weight is 208 g/mol. The Bertz CT molecular complexity index is 332. The molecule has 1 fully saturated rings. The van der Waals surface area contributed by atoms with Crippen molar-refractivity contribution in [3.63, 3.8) is 0 Å². The highest BCUT2D eigenvalue weighted by atomic mass is 32.2. The maximum Gasteiger partial charge on any atom is 0.220 e. The number of hydrogen-bond acceptors (Lipinski definition) is 4. The summed E-state index contributed by atoms with van der Waals surface area (Å²) in [5.41, 5.74) is 0.682. The first kappa shape index (κ1) is 9.52. The number of nitrogens with zero attached hydrogens (tertiary/aromatic N) is 2. The molecule has 4 heteroatoms. The van der Waals surface area contributed by atoms with Crippen molar-refractivity contribution in [1.29, 1.82) is 0 Å². The molecule has 0 spiro atoms. The molecule has 0 bridgehead atoms. The van der Waals surface area contributed by atoms with Crippen LogP contribution < -0.4 is 4.90 Å². The predicted octanol–water partition coefficient (Wildman–Crippen LogP) is 1.79. The van der Waals surface area contributed by atoms with Crippen molar-refractivity contribution in [1.82, 2.24) is 4.98 Å². The fourth-order valence-electron chi connectivity index (χ4n) is 1.36. The molecule has 0 radical (unpaired) electrons. The van der Waals surface area contributed by atoms with E-state index in [1.807, 2.05) is 12.1 Å². The fraction of sp³-hybridized carbons (Fsp3) is 0.400. The van der Waals surface area contributed by atoms with Crippen molar-refractivity contribution in [2.75, 3.05) is 24.2 Å². The van der Waals surface area contributed by atoms with Crippen LogP contribution in [0.15, 0.2) is 18.3 Å². The number of thioether (sulfide) groups is 1. The standard InChI is InChI=1S/C10H12N2OS/c1-14-10(13)8-3-4-9(11-7-8)12-5-2-6-12/h3-4,7H,2,5-6H2,1H3. The number of aromatic nitrogens is 1. The van der Waals surface area contributed by atoms with Gasteiger partial charge in [-0.1, -0.05) is 11.8 Å². The summed E-state index contributed by atoms with van der Waals surface area (Å²) in [5, 5.41) is 0.0765. The maximum absolute atomic E-state index is 11.3. The average Bonchev–Trinajstić information content (AvgIpc) is 2.15. The van der Waals surface area contributed by atoms with E-state index in [-0.39, 0.29) is 5.12 Å². The molecule has 2 rings (SSSR count). The fourth-order valence-corrected chi connectivity index (χ4v) is 1.71. The summed E-state index contributed by atoms with van der Waals surface area (Å²) >= 11 is 1.22. The first-order chi connectivity index (χ1) is 6.81. The number of pyridine rings is 1. The largest absolute Gasteiger partial charge is 0.356 e. The molecule has 3 nitrogen and oxygen atoms in total. The number of carbonyl (C=O) groups is 1. The molecule has 0 aromatic carbocycles. The summed E-state index contributed by atoms with van der Waals surface area (Å²) in [6, 6.07) is 3.77.